The first kappa shape index (κ1) is 20.1. The minimum atomic E-state index is -3.71. The summed E-state index contributed by atoms with van der Waals surface area (Å²) in [6.45, 7) is 3.51. The molecule has 1 heterocycles. The minimum Gasteiger partial charge on any atom is -0.356 e. The Morgan fingerprint density at radius 3 is 2.38 bits per heavy atom. The fourth-order valence-electron chi connectivity index (χ4n) is 1.99. The number of carbonyl (C=O) groups is 2. The molecule has 3 N–H and O–H groups in total. The molecule has 0 saturated heterocycles. The van der Waals surface area contributed by atoms with Gasteiger partial charge in [0.25, 0.3) is 11.8 Å². The van der Waals surface area contributed by atoms with Crippen molar-refractivity contribution in [3.63, 3.8) is 0 Å². The van der Waals surface area contributed by atoms with Crippen molar-refractivity contribution in [1.82, 2.24) is 20.1 Å². The lowest BCUT2D eigenvalue weighted by Crippen LogP contribution is -2.41. The maximum Gasteiger partial charge on any atom is 0.286 e. The summed E-state index contributed by atoms with van der Waals surface area (Å²) in [5.74, 6) is -1.17. The number of H-pyrrole nitrogens is 1. The maximum absolute atomic E-state index is 12.5. The summed E-state index contributed by atoms with van der Waals surface area (Å²) in [5, 5.41) is 0. The molecule has 0 aliphatic heterocycles. The van der Waals surface area contributed by atoms with Crippen LogP contribution in [0.1, 0.15) is 34.7 Å². The molecule has 0 unspecified atom stereocenters. The second kappa shape index (κ2) is 8.02. The SMILES string of the molecule is CC(C)N(C)S(=O)(=O)c1cccc(C(=O)NNC(=O)c2cc(Br)c[nH]2)c1. The normalized spacial score (nSPS) is 11.6. The summed E-state index contributed by atoms with van der Waals surface area (Å²) >= 11 is 3.21. The highest BCUT2D eigenvalue weighted by molar-refractivity contribution is 9.10. The number of amides is 2. The average Bonchev–Trinajstić information content (AvgIpc) is 3.05. The van der Waals surface area contributed by atoms with Crippen LogP contribution in [0.15, 0.2) is 45.9 Å². The van der Waals surface area contributed by atoms with E-state index in [1.807, 2.05) is 0 Å². The molecule has 0 atom stereocenters. The topological polar surface area (TPSA) is 111 Å². The van der Waals surface area contributed by atoms with Crippen LogP contribution in [-0.4, -0.2) is 42.6 Å². The van der Waals surface area contributed by atoms with E-state index in [0.29, 0.717) is 4.47 Å². The van der Waals surface area contributed by atoms with Gasteiger partial charge in [0.15, 0.2) is 0 Å². The Kier molecular flexibility index (Phi) is 6.21. The van der Waals surface area contributed by atoms with Gasteiger partial charge in [0.2, 0.25) is 10.0 Å². The van der Waals surface area contributed by atoms with Gasteiger partial charge < -0.3 is 4.98 Å². The van der Waals surface area contributed by atoms with Gasteiger partial charge in [0.05, 0.1) is 4.90 Å². The van der Waals surface area contributed by atoms with E-state index in [-0.39, 0.29) is 22.2 Å². The van der Waals surface area contributed by atoms with Crippen molar-refractivity contribution >= 4 is 37.8 Å². The number of aromatic amines is 1. The lowest BCUT2D eigenvalue weighted by Gasteiger charge is -2.21. The van der Waals surface area contributed by atoms with Crippen LogP contribution in [0, 0.1) is 0 Å². The molecule has 0 aliphatic carbocycles. The molecule has 8 nitrogen and oxygen atoms in total. The van der Waals surface area contributed by atoms with Crippen LogP contribution in [0.3, 0.4) is 0 Å². The van der Waals surface area contributed by atoms with E-state index in [1.54, 1.807) is 26.1 Å². The number of carbonyl (C=O) groups excluding carboxylic acids is 2. The zero-order valence-electron chi connectivity index (χ0n) is 14.4. The molecule has 2 amide bonds. The third kappa shape index (κ3) is 4.51. The first-order chi connectivity index (χ1) is 12.1. The van der Waals surface area contributed by atoms with Crippen LogP contribution < -0.4 is 10.9 Å². The van der Waals surface area contributed by atoms with Crippen LogP contribution in [0.4, 0.5) is 0 Å². The maximum atomic E-state index is 12.5. The highest BCUT2D eigenvalue weighted by Gasteiger charge is 2.24. The van der Waals surface area contributed by atoms with Crippen molar-refractivity contribution in [2.24, 2.45) is 0 Å². The Bertz CT molecular complexity index is 924. The molecule has 0 aliphatic rings. The first-order valence-electron chi connectivity index (χ1n) is 7.65. The molecule has 1 aromatic heterocycles. The number of halogens is 1. The van der Waals surface area contributed by atoms with Crippen molar-refractivity contribution in [2.75, 3.05) is 7.05 Å². The van der Waals surface area contributed by atoms with E-state index in [2.05, 4.69) is 31.8 Å². The van der Waals surface area contributed by atoms with E-state index >= 15 is 0 Å². The van der Waals surface area contributed by atoms with Crippen LogP contribution in [0.2, 0.25) is 0 Å². The van der Waals surface area contributed by atoms with Gasteiger partial charge in [-0.1, -0.05) is 6.07 Å². The minimum absolute atomic E-state index is 0.000903. The van der Waals surface area contributed by atoms with E-state index in [1.165, 1.54) is 35.6 Å². The number of benzene rings is 1. The fourth-order valence-corrected chi connectivity index (χ4v) is 3.75. The number of sulfonamides is 1. The molecule has 26 heavy (non-hydrogen) atoms. The van der Waals surface area contributed by atoms with Gasteiger partial charge in [-0.05, 0) is 54.0 Å². The molecular formula is C16H19BrN4O4S. The van der Waals surface area contributed by atoms with Gasteiger partial charge >= 0.3 is 0 Å². The van der Waals surface area contributed by atoms with Crippen LogP contribution in [0.25, 0.3) is 0 Å². The molecule has 0 radical (unpaired) electrons. The number of nitrogens with one attached hydrogen (secondary N) is 3. The van der Waals surface area contributed by atoms with Gasteiger partial charge in [-0.25, -0.2) is 8.42 Å². The highest BCUT2D eigenvalue weighted by Crippen LogP contribution is 2.18. The van der Waals surface area contributed by atoms with Crippen molar-refractivity contribution in [3.8, 4) is 0 Å². The van der Waals surface area contributed by atoms with Gasteiger partial charge in [-0.3, -0.25) is 20.4 Å². The molecular weight excluding hydrogens is 424 g/mol. The predicted octanol–water partition coefficient (Wildman–Crippen LogP) is 1.88. The summed E-state index contributed by atoms with van der Waals surface area (Å²) in [6.07, 6.45) is 1.58. The summed E-state index contributed by atoms with van der Waals surface area (Å²) in [6, 6.07) is 6.94. The molecule has 2 rings (SSSR count). The predicted molar refractivity (Wildman–Crippen MR) is 100.0 cm³/mol. The van der Waals surface area contributed by atoms with Crippen molar-refractivity contribution in [2.45, 2.75) is 24.8 Å². The van der Waals surface area contributed by atoms with E-state index in [4.69, 9.17) is 0 Å². The van der Waals surface area contributed by atoms with Gasteiger partial charge in [-0.15, -0.1) is 0 Å². The second-order valence-corrected chi connectivity index (χ2v) is 8.70. The lowest BCUT2D eigenvalue weighted by molar-refractivity contribution is 0.0844. The van der Waals surface area contributed by atoms with Crippen LogP contribution in [-0.2, 0) is 10.0 Å². The van der Waals surface area contributed by atoms with Gasteiger partial charge in [-0.2, -0.15) is 4.31 Å². The summed E-state index contributed by atoms with van der Waals surface area (Å²) in [7, 11) is -2.24. The molecule has 2 aromatic rings. The number of hydrogen-bond acceptors (Lipinski definition) is 4. The highest BCUT2D eigenvalue weighted by atomic mass is 79.9. The van der Waals surface area contributed by atoms with Crippen LogP contribution in [0.5, 0.6) is 0 Å². The van der Waals surface area contributed by atoms with Gasteiger partial charge in [0, 0.05) is 29.3 Å². The van der Waals surface area contributed by atoms with Crippen LogP contribution >= 0.6 is 15.9 Å². The Labute approximate surface area is 160 Å². The quantitative estimate of drug-likeness (QED) is 0.613. The number of hydrogen-bond donors (Lipinski definition) is 3. The number of aromatic nitrogens is 1. The summed E-state index contributed by atoms with van der Waals surface area (Å²) < 4.78 is 26.9. The molecule has 1 aromatic carbocycles. The number of nitrogens with zero attached hydrogens (tertiary/aromatic N) is 1. The molecule has 0 spiro atoms. The summed E-state index contributed by atoms with van der Waals surface area (Å²) in [5.41, 5.74) is 4.88. The first-order valence-corrected chi connectivity index (χ1v) is 9.89. The van der Waals surface area contributed by atoms with Gasteiger partial charge in [0.1, 0.15) is 5.69 Å². The number of hydrazine groups is 1. The third-order valence-corrected chi connectivity index (χ3v) is 6.17. The zero-order valence-corrected chi connectivity index (χ0v) is 16.8. The lowest BCUT2D eigenvalue weighted by atomic mass is 10.2. The summed E-state index contributed by atoms with van der Waals surface area (Å²) in [4.78, 5) is 26.8. The molecule has 0 saturated carbocycles. The van der Waals surface area contributed by atoms with E-state index < -0.39 is 21.8 Å². The fraction of sp³-hybridized carbons (Fsp3) is 0.250. The third-order valence-electron chi connectivity index (χ3n) is 3.68. The van der Waals surface area contributed by atoms with Crippen molar-refractivity contribution in [1.29, 1.82) is 0 Å². The Morgan fingerprint density at radius 2 is 1.81 bits per heavy atom. The Balaban J connectivity index is 2.12. The van der Waals surface area contributed by atoms with Crippen molar-refractivity contribution < 1.29 is 18.0 Å². The number of rotatable bonds is 5. The molecule has 0 fully saturated rings. The second-order valence-electron chi connectivity index (χ2n) is 5.78. The smallest absolute Gasteiger partial charge is 0.286 e. The molecule has 140 valence electrons. The molecule has 10 heteroatoms. The van der Waals surface area contributed by atoms with E-state index in [0.717, 1.165) is 0 Å². The largest absolute Gasteiger partial charge is 0.356 e. The Hall–Kier alpha value is -2.17. The average molecular weight is 443 g/mol. The molecule has 0 bridgehead atoms. The zero-order chi connectivity index (χ0) is 19.5. The monoisotopic (exact) mass is 442 g/mol. The van der Waals surface area contributed by atoms with E-state index in [9.17, 15) is 18.0 Å². The van der Waals surface area contributed by atoms with Crippen molar-refractivity contribution in [3.05, 3.63) is 52.3 Å². The standard InChI is InChI=1S/C16H19BrN4O4S/c1-10(2)21(3)26(24,25)13-6-4-5-11(7-13)15(22)19-20-16(23)14-8-12(17)9-18-14/h4-10,18H,1-3H3,(H,19,22)(H,20,23). The Morgan fingerprint density at radius 1 is 1.15 bits per heavy atom.